The fourth-order valence-corrected chi connectivity index (χ4v) is 0.485. The van der Waals surface area contributed by atoms with Crippen LogP contribution in [-0.2, 0) is 0 Å². The van der Waals surface area contributed by atoms with E-state index in [0.717, 1.165) is 11.1 Å². The van der Waals surface area contributed by atoms with Gasteiger partial charge >= 0.3 is 0 Å². The van der Waals surface area contributed by atoms with Crippen LogP contribution in [-0.4, -0.2) is 14.9 Å². The fourth-order valence-electron chi connectivity index (χ4n) is 0.485. The van der Waals surface area contributed by atoms with Crippen LogP contribution in [0, 0.1) is 6.92 Å². The summed E-state index contributed by atoms with van der Waals surface area (Å²) in [5, 5.41) is 8.76. The highest BCUT2D eigenvalue weighted by molar-refractivity contribution is 4.95. The zero-order valence-electron chi connectivity index (χ0n) is 4.90. The van der Waals surface area contributed by atoms with E-state index in [1.54, 1.807) is 6.92 Å². The molecule has 1 heterocycles. The molecule has 0 fully saturated rings. The van der Waals surface area contributed by atoms with E-state index in [2.05, 4.69) is 4.98 Å². The number of aromatic nitrogens is 2. The van der Waals surface area contributed by atoms with E-state index in [-0.39, 0.29) is 5.56 Å². The van der Waals surface area contributed by atoms with Crippen molar-refractivity contribution in [1.82, 2.24) is 9.71 Å². The molecule has 0 aromatic carbocycles. The molecule has 0 radical (unpaired) electrons. The van der Waals surface area contributed by atoms with Crippen LogP contribution in [0.15, 0.2) is 17.2 Å². The number of hydrogen-bond acceptors (Lipinski definition) is 3. The molecule has 9 heavy (non-hydrogen) atoms. The van der Waals surface area contributed by atoms with Crippen molar-refractivity contribution in [2.24, 2.45) is 0 Å². The van der Waals surface area contributed by atoms with E-state index in [1.807, 2.05) is 0 Å². The summed E-state index contributed by atoms with van der Waals surface area (Å²) < 4.78 is 0.793. The van der Waals surface area contributed by atoms with E-state index in [9.17, 15) is 4.79 Å². The van der Waals surface area contributed by atoms with Gasteiger partial charge in [0.1, 0.15) is 6.33 Å². The van der Waals surface area contributed by atoms with Gasteiger partial charge in [-0.05, 0) is 6.92 Å². The van der Waals surface area contributed by atoms with Crippen LogP contribution < -0.4 is 5.56 Å². The van der Waals surface area contributed by atoms with Crippen molar-refractivity contribution in [2.75, 3.05) is 0 Å². The highest BCUT2D eigenvalue weighted by Crippen LogP contribution is 1.84. The average Bonchev–Trinajstić information content (AvgIpc) is 1.80. The summed E-state index contributed by atoms with van der Waals surface area (Å²) in [5.41, 5.74) is 0.146. The first kappa shape index (κ1) is 5.81. The van der Waals surface area contributed by atoms with Crippen LogP contribution >= 0.6 is 0 Å². The molecule has 4 nitrogen and oxygen atoms in total. The first-order valence-electron chi connectivity index (χ1n) is 2.45. The third kappa shape index (κ3) is 1.07. The monoisotopic (exact) mass is 126 g/mol. The van der Waals surface area contributed by atoms with E-state index < -0.39 is 0 Å². The Morgan fingerprint density at radius 3 is 2.89 bits per heavy atom. The Bertz CT molecular complexity index is 266. The Kier molecular flexibility index (Phi) is 1.22. The SMILES string of the molecule is Cc1cc(=O)ncn1O. The molecule has 0 unspecified atom stereocenters. The third-order valence-electron chi connectivity index (χ3n) is 0.988. The summed E-state index contributed by atoms with van der Waals surface area (Å²) in [6.07, 6.45) is 1.07. The molecule has 1 aromatic rings. The predicted molar refractivity (Wildman–Crippen MR) is 30.4 cm³/mol. The molecule has 0 spiro atoms. The number of aryl methyl sites for hydroxylation is 1. The van der Waals surface area contributed by atoms with Gasteiger partial charge in [-0.15, -0.1) is 0 Å². The Morgan fingerprint density at radius 2 is 2.44 bits per heavy atom. The average molecular weight is 126 g/mol. The predicted octanol–water partition coefficient (Wildman–Crippen LogP) is -0.211. The Balaban J connectivity index is 3.34. The zero-order valence-corrected chi connectivity index (χ0v) is 4.90. The van der Waals surface area contributed by atoms with Gasteiger partial charge in [0.15, 0.2) is 0 Å². The molecule has 0 saturated heterocycles. The van der Waals surface area contributed by atoms with Crippen molar-refractivity contribution in [3.63, 3.8) is 0 Å². The number of nitrogens with zero attached hydrogens (tertiary/aromatic N) is 2. The van der Waals surface area contributed by atoms with Gasteiger partial charge in [-0.2, -0.15) is 9.71 Å². The lowest BCUT2D eigenvalue weighted by atomic mass is 10.5. The quantitative estimate of drug-likeness (QED) is 0.489. The fraction of sp³-hybridized carbons (Fsp3) is 0.200. The maximum Gasteiger partial charge on any atom is 0.273 e. The molecule has 0 saturated carbocycles. The number of rotatable bonds is 0. The lowest BCUT2D eigenvalue weighted by Crippen LogP contribution is -2.10. The Labute approximate surface area is 51.4 Å². The molecule has 0 atom stereocenters. The van der Waals surface area contributed by atoms with Gasteiger partial charge in [-0.25, -0.2) is 0 Å². The first-order chi connectivity index (χ1) is 4.20. The summed E-state index contributed by atoms with van der Waals surface area (Å²) in [4.78, 5) is 13.7. The molecule has 0 aliphatic heterocycles. The van der Waals surface area contributed by atoms with Gasteiger partial charge in [0.25, 0.3) is 5.56 Å². The second-order valence-corrected chi connectivity index (χ2v) is 1.71. The Hall–Kier alpha value is -1.32. The van der Waals surface area contributed by atoms with Crippen molar-refractivity contribution < 1.29 is 5.21 Å². The summed E-state index contributed by atoms with van der Waals surface area (Å²) in [5.74, 6) is 0. The second-order valence-electron chi connectivity index (χ2n) is 1.71. The molecule has 0 aliphatic carbocycles. The van der Waals surface area contributed by atoms with E-state index in [4.69, 9.17) is 5.21 Å². The number of hydrogen-bond donors (Lipinski definition) is 1. The van der Waals surface area contributed by atoms with Gasteiger partial charge in [0.05, 0.1) is 5.69 Å². The van der Waals surface area contributed by atoms with Crippen LogP contribution in [0.3, 0.4) is 0 Å². The maximum atomic E-state index is 10.4. The van der Waals surface area contributed by atoms with Crippen molar-refractivity contribution in [1.29, 1.82) is 0 Å². The molecular weight excluding hydrogens is 120 g/mol. The Morgan fingerprint density at radius 1 is 1.78 bits per heavy atom. The highest BCUT2D eigenvalue weighted by Gasteiger charge is 1.90. The van der Waals surface area contributed by atoms with E-state index in [0.29, 0.717) is 5.69 Å². The molecule has 4 heteroatoms. The van der Waals surface area contributed by atoms with Crippen LogP contribution in [0.4, 0.5) is 0 Å². The summed E-state index contributed by atoms with van der Waals surface area (Å²) in [6, 6.07) is 1.25. The molecule has 0 amide bonds. The molecule has 48 valence electrons. The first-order valence-corrected chi connectivity index (χ1v) is 2.45. The second kappa shape index (κ2) is 1.89. The summed E-state index contributed by atoms with van der Waals surface area (Å²) in [6.45, 7) is 1.61. The minimum Gasteiger partial charge on any atom is -0.427 e. The molecular formula is C5H6N2O2. The smallest absolute Gasteiger partial charge is 0.273 e. The van der Waals surface area contributed by atoms with Gasteiger partial charge in [-0.3, -0.25) is 4.79 Å². The molecule has 1 rings (SSSR count). The highest BCUT2D eigenvalue weighted by atomic mass is 16.5. The summed E-state index contributed by atoms with van der Waals surface area (Å²) >= 11 is 0. The molecule has 0 bridgehead atoms. The van der Waals surface area contributed by atoms with E-state index >= 15 is 0 Å². The minimum atomic E-state index is -0.335. The minimum absolute atomic E-state index is 0.335. The van der Waals surface area contributed by atoms with Gasteiger partial charge < -0.3 is 5.21 Å². The van der Waals surface area contributed by atoms with Crippen LogP contribution in [0.5, 0.6) is 0 Å². The molecule has 0 aliphatic rings. The lowest BCUT2D eigenvalue weighted by molar-refractivity contribution is 0.173. The normalized spacial score (nSPS) is 9.44. The van der Waals surface area contributed by atoms with Gasteiger partial charge in [0.2, 0.25) is 0 Å². The van der Waals surface area contributed by atoms with Gasteiger partial charge in [0, 0.05) is 6.07 Å². The van der Waals surface area contributed by atoms with Crippen molar-refractivity contribution >= 4 is 0 Å². The maximum absolute atomic E-state index is 10.4. The van der Waals surface area contributed by atoms with Gasteiger partial charge in [-0.1, -0.05) is 0 Å². The van der Waals surface area contributed by atoms with Crippen molar-refractivity contribution in [3.8, 4) is 0 Å². The zero-order chi connectivity index (χ0) is 6.85. The third-order valence-corrected chi connectivity index (χ3v) is 0.988. The van der Waals surface area contributed by atoms with Crippen LogP contribution in [0.2, 0.25) is 0 Å². The standard InChI is InChI=1S/C5H6N2O2/c1-4-2-5(8)6-3-7(4)9/h2-3,9H,1H3. The van der Waals surface area contributed by atoms with E-state index in [1.165, 1.54) is 6.07 Å². The molecule has 1 N–H and O–H groups in total. The van der Waals surface area contributed by atoms with Crippen molar-refractivity contribution in [2.45, 2.75) is 6.92 Å². The van der Waals surface area contributed by atoms with Crippen molar-refractivity contribution in [3.05, 3.63) is 28.4 Å². The lowest BCUT2D eigenvalue weighted by Gasteiger charge is -1.96. The largest absolute Gasteiger partial charge is 0.427 e. The van der Waals surface area contributed by atoms with Crippen LogP contribution in [0.25, 0.3) is 0 Å². The molecule has 1 aromatic heterocycles. The van der Waals surface area contributed by atoms with Crippen LogP contribution in [0.1, 0.15) is 5.69 Å². The topological polar surface area (TPSA) is 55.1 Å². The summed E-state index contributed by atoms with van der Waals surface area (Å²) in [7, 11) is 0.